The summed E-state index contributed by atoms with van der Waals surface area (Å²) in [5.41, 5.74) is 1.02. The number of carbonyl (C=O) groups is 1. The molecule has 0 aromatic heterocycles. The molecule has 0 heterocycles. The van der Waals surface area contributed by atoms with Crippen molar-refractivity contribution >= 4 is 5.97 Å². The standard InChI is InChI=1S/C12H13FO2/c1-9(2)7-8-15-12(14)10-5-3-4-6-11(10)13/h3-7H,8H2,1-2H3. The summed E-state index contributed by atoms with van der Waals surface area (Å²) in [6, 6.07) is 5.76. The van der Waals surface area contributed by atoms with Crippen molar-refractivity contribution in [3.05, 3.63) is 47.3 Å². The lowest BCUT2D eigenvalue weighted by Gasteiger charge is -2.02. The molecule has 3 heteroatoms. The number of allylic oxidation sites excluding steroid dienone is 1. The van der Waals surface area contributed by atoms with Crippen LogP contribution in [0.25, 0.3) is 0 Å². The summed E-state index contributed by atoms with van der Waals surface area (Å²) in [7, 11) is 0. The molecule has 0 radical (unpaired) electrons. The molecule has 0 bridgehead atoms. The van der Waals surface area contributed by atoms with E-state index in [9.17, 15) is 9.18 Å². The Balaban J connectivity index is 2.62. The molecule has 0 amide bonds. The summed E-state index contributed by atoms with van der Waals surface area (Å²) in [6.45, 7) is 3.98. The molecular formula is C12H13FO2. The molecule has 0 spiro atoms. The minimum Gasteiger partial charge on any atom is -0.458 e. The predicted octanol–water partition coefficient (Wildman–Crippen LogP) is 2.95. The maximum Gasteiger partial charge on any atom is 0.341 e. The first kappa shape index (κ1) is 11.4. The fraction of sp³-hybridized carbons (Fsp3) is 0.250. The Morgan fingerprint density at radius 1 is 1.40 bits per heavy atom. The van der Waals surface area contributed by atoms with E-state index < -0.39 is 11.8 Å². The number of halogens is 1. The SMILES string of the molecule is CC(C)=CCOC(=O)c1ccccc1F. The van der Waals surface area contributed by atoms with Crippen molar-refractivity contribution in [2.24, 2.45) is 0 Å². The van der Waals surface area contributed by atoms with Crippen molar-refractivity contribution in [1.82, 2.24) is 0 Å². The van der Waals surface area contributed by atoms with E-state index in [4.69, 9.17) is 4.74 Å². The van der Waals surface area contributed by atoms with Gasteiger partial charge >= 0.3 is 5.97 Å². The van der Waals surface area contributed by atoms with Crippen LogP contribution in [0.4, 0.5) is 4.39 Å². The lowest BCUT2D eigenvalue weighted by molar-refractivity contribution is 0.0544. The summed E-state index contributed by atoms with van der Waals surface area (Å²) in [4.78, 5) is 11.4. The molecular weight excluding hydrogens is 195 g/mol. The van der Waals surface area contributed by atoms with Crippen LogP contribution in [-0.2, 0) is 4.74 Å². The number of ether oxygens (including phenoxy) is 1. The van der Waals surface area contributed by atoms with Gasteiger partial charge < -0.3 is 4.74 Å². The summed E-state index contributed by atoms with van der Waals surface area (Å²) in [5, 5.41) is 0. The molecule has 1 rings (SSSR count). The van der Waals surface area contributed by atoms with Gasteiger partial charge in [0.25, 0.3) is 0 Å². The third-order valence-electron chi connectivity index (χ3n) is 1.80. The highest BCUT2D eigenvalue weighted by molar-refractivity contribution is 5.89. The number of carbonyl (C=O) groups excluding carboxylic acids is 1. The van der Waals surface area contributed by atoms with Gasteiger partial charge in [-0.2, -0.15) is 0 Å². The topological polar surface area (TPSA) is 26.3 Å². The molecule has 1 aromatic carbocycles. The van der Waals surface area contributed by atoms with Crippen LogP contribution in [0.3, 0.4) is 0 Å². The average Bonchev–Trinajstić information content (AvgIpc) is 2.17. The van der Waals surface area contributed by atoms with Crippen LogP contribution in [0.2, 0.25) is 0 Å². The Morgan fingerprint density at radius 3 is 2.67 bits per heavy atom. The average molecular weight is 208 g/mol. The van der Waals surface area contributed by atoms with Gasteiger partial charge in [-0.3, -0.25) is 0 Å². The van der Waals surface area contributed by atoms with E-state index in [1.54, 1.807) is 12.1 Å². The van der Waals surface area contributed by atoms with E-state index in [0.717, 1.165) is 5.57 Å². The molecule has 1 aromatic rings. The molecule has 80 valence electrons. The first-order valence-electron chi connectivity index (χ1n) is 4.66. The van der Waals surface area contributed by atoms with Gasteiger partial charge in [0.15, 0.2) is 0 Å². The third kappa shape index (κ3) is 3.54. The predicted molar refractivity (Wildman–Crippen MR) is 56.1 cm³/mol. The Kier molecular flexibility index (Phi) is 4.03. The van der Waals surface area contributed by atoms with Crippen molar-refractivity contribution in [2.45, 2.75) is 13.8 Å². The van der Waals surface area contributed by atoms with Gasteiger partial charge in [0.05, 0.1) is 5.56 Å². The van der Waals surface area contributed by atoms with Gasteiger partial charge in [0.1, 0.15) is 12.4 Å². The molecule has 0 fully saturated rings. The second-order valence-electron chi connectivity index (χ2n) is 3.36. The second-order valence-corrected chi connectivity index (χ2v) is 3.36. The molecule has 2 nitrogen and oxygen atoms in total. The summed E-state index contributed by atoms with van der Waals surface area (Å²) < 4.78 is 18.0. The zero-order chi connectivity index (χ0) is 11.3. The molecule has 0 unspecified atom stereocenters. The lowest BCUT2D eigenvalue weighted by Crippen LogP contribution is -2.07. The van der Waals surface area contributed by atoms with Gasteiger partial charge in [0, 0.05) is 0 Å². The Morgan fingerprint density at radius 2 is 2.07 bits per heavy atom. The van der Waals surface area contributed by atoms with E-state index in [1.165, 1.54) is 18.2 Å². The van der Waals surface area contributed by atoms with Crippen LogP contribution in [0.15, 0.2) is 35.9 Å². The quantitative estimate of drug-likeness (QED) is 0.564. The minimum atomic E-state index is -0.634. The maximum atomic E-state index is 13.1. The highest BCUT2D eigenvalue weighted by Gasteiger charge is 2.10. The largest absolute Gasteiger partial charge is 0.458 e. The Labute approximate surface area is 88.4 Å². The Bertz CT molecular complexity index is 379. The molecule has 0 N–H and O–H groups in total. The third-order valence-corrected chi connectivity index (χ3v) is 1.80. The van der Waals surface area contributed by atoms with Crippen molar-refractivity contribution in [1.29, 1.82) is 0 Å². The fourth-order valence-electron chi connectivity index (χ4n) is 0.989. The van der Waals surface area contributed by atoms with Gasteiger partial charge in [-0.25, -0.2) is 9.18 Å². The summed E-state index contributed by atoms with van der Waals surface area (Å²) in [6.07, 6.45) is 1.76. The molecule has 0 saturated carbocycles. The van der Waals surface area contributed by atoms with Crippen LogP contribution < -0.4 is 0 Å². The molecule has 0 aliphatic heterocycles. The molecule has 15 heavy (non-hydrogen) atoms. The van der Waals surface area contributed by atoms with Crippen molar-refractivity contribution in [3.63, 3.8) is 0 Å². The second kappa shape index (κ2) is 5.29. The zero-order valence-electron chi connectivity index (χ0n) is 8.79. The highest BCUT2D eigenvalue weighted by Crippen LogP contribution is 2.07. The van der Waals surface area contributed by atoms with Gasteiger partial charge in [-0.05, 0) is 32.1 Å². The smallest absolute Gasteiger partial charge is 0.341 e. The molecule has 0 aliphatic carbocycles. The van der Waals surface area contributed by atoms with Gasteiger partial charge in [-0.1, -0.05) is 17.7 Å². The minimum absolute atomic E-state index is 0.0281. The van der Waals surface area contributed by atoms with Crippen LogP contribution in [0.1, 0.15) is 24.2 Å². The van der Waals surface area contributed by atoms with Crippen LogP contribution >= 0.6 is 0 Å². The van der Waals surface area contributed by atoms with Crippen molar-refractivity contribution < 1.29 is 13.9 Å². The van der Waals surface area contributed by atoms with Crippen LogP contribution in [0.5, 0.6) is 0 Å². The number of hydrogen-bond donors (Lipinski definition) is 0. The van der Waals surface area contributed by atoms with Crippen LogP contribution in [-0.4, -0.2) is 12.6 Å². The monoisotopic (exact) mass is 208 g/mol. The van der Waals surface area contributed by atoms with Crippen molar-refractivity contribution in [2.75, 3.05) is 6.61 Å². The van der Waals surface area contributed by atoms with E-state index >= 15 is 0 Å². The summed E-state index contributed by atoms with van der Waals surface area (Å²) >= 11 is 0. The summed E-state index contributed by atoms with van der Waals surface area (Å²) in [5.74, 6) is -1.19. The van der Waals surface area contributed by atoms with Gasteiger partial charge in [-0.15, -0.1) is 0 Å². The fourth-order valence-corrected chi connectivity index (χ4v) is 0.989. The number of rotatable bonds is 3. The first-order chi connectivity index (χ1) is 7.11. The Hall–Kier alpha value is -1.64. The maximum absolute atomic E-state index is 13.1. The normalized spacial score (nSPS) is 9.53. The van der Waals surface area contributed by atoms with E-state index in [2.05, 4.69) is 0 Å². The van der Waals surface area contributed by atoms with Crippen LogP contribution in [0, 0.1) is 5.82 Å². The number of benzene rings is 1. The van der Waals surface area contributed by atoms with Gasteiger partial charge in [0.2, 0.25) is 0 Å². The number of esters is 1. The van der Waals surface area contributed by atoms with Crippen molar-refractivity contribution in [3.8, 4) is 0 Å². The van der Waals surface area contributed by atoms with E-state index in [0.29, 0.717) is 0 Å². The molecule has 0 aliphatic rings. The van der Waals surface area contributed by atoms with E-state index in [1.807, 2.05) is 13.8 Å². The first-order valence-corrected chi connectivity index (χ1v) is 4.66. The number of hydrogen-bond acceptors (Lipinski definition) is 2. The van der Waals surface area contributed by atoms with E-state index in [-0.39, 0.29) is 12.2 Å². The zero-order valence-corrected chi connectivity index (χ0v) is 8.79. The molecule has 0 atom stereocenters. The highest BCUT2D eigenvalue weighted by atomic mass is 19.1. The lowest BCUT2D eigenvalue weighted by atomic mass is 10.2. The molecule has 0 saturated heterocycles.